The number of anilines is 1. The van der Waals surface area contributed by atoms with E-state index in [0.29, 0.717) is 16.3 Å². The zero-order valence-corrected chi connectivity index (χ0v) is 17.1. The van der Waals surface area contributed by atoms with Crippen LogP contribution in [-0.4, -0.2) is 12.2 Å². The van der Waals surface area contributed by atoms with E-state index in [1.807, 2.05) is 61.5 Å². The van der Waals surface area contributed by atoms with Crippen LogP contribution >= 0.6 is 11.6 Å². The quantitative estimate of drug-likeness (QED) is 0.176. The molecule has 0 fully saturated rings. The molecule has 4 rings (SSSR count). The fourth-order valence-electron chi connectivity index (χ4n) is 3.13. The Kier molecular flexibility index (Phi) is 5.77. The number of aryl methyl sites for hydroxylation is 1. The highest BCUT2D eigenvalue weighted by Gasteiger charge is 2.13. The summed E-state index contributed by atoms with van der Waals surface area (Å²) < 4.78 is 5.70. The van der Waals surface area contributed by atoms with Crippen molar-refractivity contribution in [2.45, 2.75) is 6.92 Å². The van der Waals surface area contributed by atoms with Crippen molar-refractivity contribution in [3.63, 3.8) is 0 Å². The van der Waals surface area contributed by atoms with Crippen molar-refractivity contribution in [3.8, 4) is 5.75 Å². The molecular weight excluding hydrogens is 396 g/mol. The number of halogens is 1. The zero-order valence-electron chi connectivity index (χ0n) is 16.3. The summed E-state index contributed by atoms with van der Waals surface area (Å²) in [4.78, 5) is 12.6. The van der Waals surface area contributed by atoms with Crippen molar-refractivity contribution < 1.29 is 9.53 Å². The van der Waals surface area contributed by atoms with E-state index in [0.717, 1.165) is 27.6 Å². The van der Waals surface area contributed by atoms with Gasteiger partial charge in [0.05, 0.1) is 17.5 Å². The fraction of sp³-hybridized carbons (Fsp3) is 0.0400. The van der Waals surface area contributed by atoms with Gasteiger partial charge in [0.1, 0.15) is 5.75 Å². The molecule has 0 saturated carbocycles. The molecule has 4 aromatic carbocycles. The monoisotopic (exact) mass is 414 g/mol. The Balaban J connectivity index is 1.66. The summed E-state index contributed by atoms with van der Waals surface area (Å²) >= 11 is 5.91. The minimum atomic E-state index is -0.455. The van der Waals surface area contributed by atoms with Gasteiger partial charge >= 0.3 is 5.97 Å². The van der Waals surface area contributed by atoms with Gasteiger partial charge in [0.15, 0.2) is 0 Å². The summed E-state index contributed by atoms with van der Waals surface area (Å²) in [6.45, 7) is 2.02. The van der Waals surface area contributed by atoms with E-state index in [9.17, 15) is 4.79 Å². The Morgan fingerprint density at radius 1 is 0.967 bits per heavy atom. The van der Waals surface area contributed by atoms with Gasteiger partial charge in [0, 0.05) is 10.6 Å². The number of benzene rings is 4. The first-order chi connectivity index (χ1) is 14.6. The highest BCUT2D eigenvalue weighted by atomic mass is 35.5. The van der Waals surface area contributed by atoms with Crippen LogP contribution in [0.2, 0.25) is 5.02 Å². The summed E-state index contributed by atoms with van der Waals surface area (Å²) in [5, 5.41) is 6.90. The average molecular weight is 415 g/mol. The number of nitrogens with zero attached hydrogens (tertiary/aromatic N) is 1. The first-order valence-electron chi connectivity index (χ1n) is 9.45. The number of carbonyl (C=O) groups is 1. The van der Waals surface area contributed by atoms with Crippen LogP contribution in [0.15, 0.2) is 90.0 Å². The van der Waals surface area contributed by atoms with Gasteiger partial charge in [-0.25, -0.2) is 4.79 Å². The lowest BCUT2D eigenvalue weighted by Crippen LogP contribution is -2.10. The molecule has 5 heteroatoms. The van der Waals surface area contributed by atoms with Gasteiger partial charge in [-0.05, 0) is 65.7 Å². The summed E-state index contributed by atoms with van der Waals surface area (Å²) in [6, 6.07) is 26.1. The lowest BCUT2D eigenvalue weighted by atomic mass is 10.0. The van der Waals surface area contributed by atoms with E-state index in [1.165, 1.54) is 0 Å². The van der Waals surface area contributed by atoms with Gasteiger partial charge in [0.25, 0.3) is 0 Å². The van der Waals surface area contributed by atoms with E-state index in [-0.39, 0.29) is 0 Å². The summed E-state index contributed by atoms with van der Waals surface area (Å²) in [7, 11) is 0. The van der Waals surface area contributed by atoms with E-state index >= 15 is 0 Å². The van der Waals surface area contributed by atoms with Crippen molar-refractivity contribution >= 4 is 40.2 Å². The first kappa shape index (κ1) is 19.7. The largest absolute Gasteiger partial charge is 0.422 e. The Morgan fingerprint density at radius 3 is 2.57 bits per heavy atom. The molecule has 4 nitrogen and oxygen atoms in total. The normalized spacial score (nSPS) is 11.0. The van der Waals surface area contributed by atoms with Crippen LogP contribution in [0.25, 0.3) is 10.8 Å². The molecule has 4 aromatic rings. The van der Waals surface area contributed by atoms with E-state index < -0.39 is 5.97 Å². The number of hydrogen-bond donors (Lipinski definition) is 1. The SMILES string of the molecule is Cc1cccc(N/N=C\c2c(OC(=O)c3ccc(Cl)cc3)ccc3ccccc23)c1. The van der Waals surface area contributed by atoms with E-state index in [2.05, 4.69) is 10.5 Å². The number of esters is 1. The molecule has 0 unspecified atom stereocenters. The third-order valence-electron chi connectivity index (χ3n) is 4.62. The zero-order chi connectivity index (χ0) is 20.9. The maximum atomic E-state index is 12.6. The molecule has 0 aliphatic heterocycles. The van der Waals surface area contributed by atoms with Crippen molar-refractivity contribution in [2.24, 2.45) is 5.10 Å². The Morgan fingerprint density at radius 2 is 1.77 bits per heavy atom. The molecule has 0 spiro atoms. The highest BCUT2D eigenvalue weighted by Crippen LogP contribution is 2.27. The number of hydrogen-bond acceptors (Lipinski definition) is 4. The van der Waals surface area contributed by atoms with Crippen molar-refractivity contribution in [2.75, 3.05) is 5.43 Å². The van der Waals surface area contributed by atoms with Crippen LogP contribution in [0.3, 0.4) is 0 Å². The number of carbonyl (C=O) groups excluding carboxylic acids is 1. The number of hydrazone groups is 1. The van der Waals surface area contributed by atoms with Crippen LogP contribution < -0.4 is 10.2 Å². The van der Waals surface area contributed by atoms with Crippen molar-refractivity contribution in [1.29, 1.82) is 0 Å². The third kappa shape index (κ3) is 4.50. The maximum Gasteiger partial charge on any atom is 0.343 e. The van der Waals surface area contributed by atoms with Gasteiger partial charge in [-0.3, -0.25) is 5.43 Å². The molecule has 0 aliphatic rings. The molecule has 0 heterocycles. The third-order valence-corrected chi connectivity index (χ3v) is 4.87. The maximum absolute atomic E-state index is 12.6. The molecular formula is C25H19ClN2O2. The van der Waals surface area contributed by atoms with E-state index in [4.69, 9.17) is 16.3 Å². The standard InChI is InChI=1S/C25H19ClN2O2/c1-17-5-4-7-21(15-17)28-27-16-23-22-8-3-2-6-18(22)11-14-24(23)30-25(29)19-9-12-20(26)13-10-19/h2-16,28H,1H3/b27-16-. The lowest BCUT2D eigenvalue weighted by molar-refractivity contribution is 0.0735. The number of nitrogens with one attached hydrogen (secondary N) is 1. The Bertz CT molecular complexity index is 1230. The molecule has 0 saturated heterocycles. The molecule has 1 N–H and O–H groups in total. The predicted molar refractivity (Wildman–Crippen MR) is 123 cm³/mol. The number of rotatable bonds is 5. The summed E-state index contributed by atoms with van der Waals surface area (Å²) in [5.41, 5.74) is 6.19. The second kappa shape index (κ2) is 8.80. The van der Waals surface area contributed by atoms with Crippen LogP contribution in [0.1, 0.15) is 21.5 Å². The fourth-order valence-corrected chi connectivity index (χ4v) is 3.25. The predicted octanol–water partition coefficient (Wildman–Crippen LogP) is 6.47. The highest BCUT2D eigenvalue weighted by molar-refractivity contribution is 6.30. The molecule has 148 valence electrons. The minimum Gasteiger partial charge on any atom is -0.422 e. The van der Waals surface area contributed by atoms with Crippen LogP contribution in [-0.2, 0) is 0 Å². The van der Waals surface area contributed by atoms with Gasteiger partial charge in [-0.15, -0.1) is 0 Å². The topological polar surface area (TPSA) is 50.7 Å². The van der Waals surface area contributed by atoms with Gasteiger partial charge in [-0.1, -0.05) is 54.1 Å². The van der Waals surface area contributed by atoms with Crippen molar-refractivity contribution in [1.82, 2.24) is 0 Å². The Hall–Kier alpha value is -3.63. The van der Waals surface area contributed by atoms with Crippen LogP contribution in [0.5, 0.6) is 5.75 Å². The number of fused-ring (bicyclic) bond motifs is 1. The van der Waals surface area contributed by atoms with Crippen molar-refractivity contribution in [3.05, 3.63) is 107 Å². The second-order valence-electron chi connectivity index (χ2n) is 6.83. The average Bonchev–Trinajstić information content (AvgIpc) is 2.75. The minimum absolute atomic E-state index is 0.424. The molecule has 0 atom stereocenters. The Labute approximate surface area is 179 Å². The molecule has 0 radical (unpaired) electrons. The van der Waals surface area contributed by atoms with Gasteiger partial charge < -0.3 is 4.74 Å². The van der Waals surface area contributed by atoms with Crippen LogP contribution in [0.4, 0.5) is 5.69 Å². The second-order valence-corrected chi connectivity index (χ2v) is 7.27. The molecule has 30 heavy (non-hydrogen) atoms. The first-order valence-corrected chi connectivity index (χ1v) is 9.83. The number of ether oxygens (including phenoxy) is 1. The molecule has 0 bridgehead atoms. The summed E-state index contributed by atoms with van der Waals surface area (Å²) in [6.07, 6.45) is 1.68. The smallest absolute Gasteiger partial charge is 0.343 e. The van der Waals surface area contributed by atoms with Gasteiger partial charge in [0.2, 0.25) is 0 Å². The molecule has 0 aromatic heterocycles. The van der Waals surface area contributed by atoms with Gasteiger partial charge in [-0.2, -0.15) is 5.10 Å². The lowest BCUT2D eigenvalue weighted by Gasteiger charge is -2.11. The molecule has 0 amide bonds. The molecule has 0 aliphatic carbocycles. The van der Waals surface area contributed by atoms with E-state index in [1.54, 1.807) is 36.5 Å². The summed E-state index contributed by atoms with van der Waals surface area (Å²) in [5.74, 6) is -0.0216. The van der Waals surface area contributed by atoms with Crippen LogP contribution in [0, 0.1) is 6.92 Å².